The minimum absolute atomic E-state index is 0.0106. The zero-order valence-corrected chi connectivity index (χ0v) is 15.4. The van der Waals surface area contributed by atoms with Gasteiger partial charge in [-0.1, -0.05) is 19.1 Å². The Morgan fingerprint density at radius 1 is 1.23 bits per heavy atom. The largest absolute Gasteiger partial charge is 0.336 e. The molecule has 2 heterocycles. The number of hydrogen-bond acceptors (Lipinski definition) is 3. The Hall–Kier alpha value is -2.69. The van der Waals surface area contributed by atoms with Gasteiger partial charge >= 0.3 is 0 Å². The number of anilines is 1. The first kappa shape index (κ1) is 18.1. The Labute approximate surface area is 154 Å². The van der Waals surface area contributed by atoms with E-state index < -0.39 is 0 Å². The van der Waals surface area contributed by atoms with Crippen molar-refractivity contribution in [2.75, 3.05) is 11.9 Å². The van der Waals surface area contributed by atoms with Gasteiger partial charge in [0.15, 0.2) is 0 Å². The van der Waals surface area contributed by atoms with Gasteiger partial charge in [-0.3, -0.25) is 14.6 Å². The second-order valence-electron chi connectivity index (χ2n) is 6.81. The van der Waals surface area contributed by atoms with Crippen LogP contribution in [0, 0.1) is 6.92 Å². The normalized spacial score (nSPS) is 17.0. The van der Waals surface area contributed by atoms with Crippen molar-refractivity contribution < 1.29 is 9.59 Å². The molecule has 1 saturated heterocycles. The number of hydrogen-bond donors (Lipinski definition) is 1. The molecule has 0 spiro atoms. The Balaban J connectivity index is 1.77. The SMILES string of the molecule is CCC1CCCCN1C(=O)c1ccnc(C(=O)Nc2cccc(C)c2)c1. The molecular formula is C21H25N3O2. The van der Waals surface area contributed by atoms with Crippen LogP contribution in [0.2, 0.25) is 0 Å². The van der Waals surface area contributed by atoms with E-state index in [1.54, 1.807) is 12.1 Å². The Morgan fingerprint density at radius 3 is 2.85 bits per heavy atom. The van der Waals surface area contributed by atoms with Gasteiger partial charge in [0, 0.05) is 30.0 Å². The maximum absolute atomic E-state index is 12.9. The Bertz CT molecular complexity index is 803. The molecule has 2 amide bonds. The summed E-state index contributed by atoms with van der Waals surface area (Å²) in [6.07, 6.45) is 5.74. The first-order chi connectivity index (χ1) is 12.6. The highest BCUT2D eigenvalue weighted by molar-refractivity contribution is 6.04. The maximum atomic E-state index is 12.9. The molecule has 0 saturated carbocycles. The van der Waals surface area contributed by atoms with Crippen LogP contribution in [0.3, 0.4) is 0 Å². The molecule has 5 nitrogen and oxygen atoms in total. The van der Waals surface area contributed by atoms with Crippen LogP contribution < -0.4 is 5.32 Å². The molecule has 1 N–H and O–H groups in total. The Morgan fingerprint density at radius 2 is 2.08 bits per heavy atom. The van der Waals surface area contributed by atoms with Gasteiger partial charge in [0.25, 0.3) is 11.8 Å². The van der Waals surface area contributed by atoms with Gasteiger partial charge in [0.05, 0.1) is 0 Å². The first-order valence-electron chi connectivity index (χ1n) is 9.23. The summed E-state index contributed by atoms with van der Waals surface area (Å²) in [5, 5.41) is 2.84. The number of likely N-dealkylation sites (tertiary alicyclic amines) is 1. The average Bonchev–Trinajstić information content (AvgIpc) is 2.67. The molecule has 0 radical (unpaired) electrons. The lowest BCUT2D eigenvalue weighted by Gasteiger charge is -2.35. The topological polar surface area (TPSA) is 62.3 Å². The molecule has 26 heavy (non-hydrogen) atoms. The number of nitrogens with one attached hydrogen (secondary N) is 1. The summed E-state index contributed by atoms with van der Waals surface area (Å²) in [4.78, 5) is 31.5. The molecule has 1 unspecified atom stereocenters. The van der Waals surface area contributed by atoms with Gasteiger partial charge in [-0.25, -0.2) is 0 Å². The fourth-order valence-electron chi connectivity index (χ4n) is 3.46. The summed E-state index contributed by atoms with van der Waals surface area (Å²) in [6.45, 7) is 4.87. The lowest BCUT2D eigenvalue weighted by Crippen LogP contribution is -2.43. The quantitative estimate of drug-likeness (QED) is 0.904. The van der Waals surface area contributed by atoms with E-state index in [1.807, 2.05) is 36.1 Å². The lowest BCUT2D eigenvalue weighted by molar-refractivity contribution is 0.0608. The predicted molar refractivity (Wildman–Crippen MR) is 102 cm³/mol. The maximum Gasteiger partial charge on any atom is 0.274 e. The van der Waals surface area contributed by atoms with E-state index >= 15 is 0 Å². The van der Waals surface area contributed by atoms with E-state index in [2.05, 4.69) is 17.2 Å². The van der Waals surface area contributed by atoms with Gasteiger partial charge in [-0.15, -0.1) is 0 Å². The number of pyridine rings is 1. The highest BCUT2D eigenvalue weighted by atomic mass is 16.2. The number of carbonyl (C=O) groups is 2. The molecule has 1 aliphatic heterocycles. The highest BCUT2D eigenvalue weighted by Gasteiger charge is 2.26. The molecule has 1 atom stereocenters. The minimum Gasteiger partial charge on any atom is -0.336 e. The van der Waals surface area contributed by atoms with Gasteiger partial charge in [0.2, 0.25) is 0 Å². The van der Waals surface area contributed by atoms with Crippen LogP contribution in [0.1, 0.15) is 59.0 Å². The number of amides is 2. The summed E-state index contributed by atoms with van der Waals surface area (Å²) in [6, 6.07) is 11.2. The van der Waals surface area contributed by atoms with Crippen LogP contribution >= 0.6 is 0 Å². The number of benzene rings is 1. The van der Waals surface area contributed by atoms with Gasteiger partial charge in [-0.05, 0) is 62.4 Å². The van der Waals surface area contributed by atoms with E-state index in [0.717, 1.165) is 37.1 Å². The van der Waals surface area contributed by atoms with Gasteiger partial charge in [-0.2, -0.15) is 0 Å². The molecule has 0 aliphatic carbocycles. The summed E-state index contributed by atoms with van der Waals surface area (Å²) in [5.41, 5.74) is 2.56. The third-order valence-corrected chi connectivity index (χ3v) is 4.87. The van der Waals surface area contributed by atoms with Crippen LogP contribution in [-0.4, -0.2) is 34.3 Å². The van der Waals surface area contributed by atoms with E-state index in [1.165, 1.54) is 12.6 Å². The summed E-state index contributed by atoms with van der Waals surface area (Å²) < 4.78 is 0. The fraction of sp³-hybridized carbons (Fsp3) is 0.381. The van der Waals surface area contributed by atoms with Crippen molar-refractivity contribution in [2.45, 2.75) is 45.6 Å². The van der Waals surface area contributed by atoms with Crippen LogP contribution in [-0.2, 0) is 0 Å². The van der Waals surface area contributed by atoms with Crippen molar-refractivity contribution in [1.29, 1.82) is 0 Å². The molecule has 3 rings (SSSR count). The number of rotatable bonds is 4. The van der Waals surface area contributed by atoms with Crippen LogP contribution in [0.5, 0.6) is 0 Å². The van der Waals surface area contributed by atoms with Gasteiger partial charge < -0.3 is 10.2 Å². The van der Waals surface area contributed by atoms with E-state index in [4.69, 9.17) is 0 Å². The second-order valence-corrected chi connectivity index (χ2v) is 6.81. The third-order valence-electron chi connectivity index (χ3n) is 4.87. The summed E-state index contributed by atoms with van der Waals surface area (Å²) in [7, 11) is 0. The number of aryl methyl sites for hydroxylation is 1. The minimum atomic E-state index is -0.309. The third kappa shape index (κ3) is 4.10. The van der Waals surface area contributed by atoms with Crippen molar-refractivity contribution in [3.8, 4) is 0 Å². The molecule has 0 bridgehead atoms. The van der Waals surface area contributed by atoms with Crippen LogP contribution in [0.25, 0.3) is 0 Å². The standard InChI is InChI=1S/C21H25N3O2/c1-3-18-9-4-5-12-24(18)21(26)16-10-11-22-19(14-16)20(25)23-17-8-6-7-15(2)13-17/h6-8,10-11,13-14,18H,3-5,9,12H2,1-2H3,(H,23,25). The molecule has 1 aliphatic rings. The van der Waals surface area contributed by atoms with Crippen molar-refractivity contribution in [2.24, 2.45) is 0 Å². The van der Waals surface area contributed by atoms with E-state index in [-0.39, 0.29) is 23.6 Å². The van der Waals surface area contributed by atoms with Crippen LogP contribution in [0.4, 0.5) is 5.69 Å². The molecule has 5 heteroatoms. The monoisotopic (exact) mass is 351 g/mol. The zero-order valence-electron chi connectivity index (χ0n) is 15.4. The van der Waals surface area contributed by atoms with Gasteiger partial charge in [0.1, 0.15) is 5.69 Å². The number of piperidine rings is 1. The second kappa shape index (κ2) is 8.13. The van der Waals surface area contributed by atoms with Crippen molar-refractivity contribution in [1.82, 2.24) is 9.88 Å². The zero-order chi connectivity index (χ0) is 18.5. The molecule has 2 aromatic rings. The molecule has 136 valence electrons. The first-order valence-corrected chi connectivity index (χ1v) is 9.23. The Kier molecular flexibility index (Phi) is 5.66. The summed E-state index contributed by atoms with van der Waals surface area (Å²) in [5.74, 6) is -0.320. The van der Waals surface area contributed by atoms with Crippen molar-refractivity contribution >= 4 is 17.5 Å². The fourth-order valence-corrected chi connectivity index (χ4v) is 3.46. The average molecular weight is 351 g/mol. The molecule has 1 fully saturated rings. The lowest BCUT2D eigenvalue weighted by atomic mass is 9.99. The highest BCUT2D eigenvalue weighted by Crippen LogP contribution is 2.22. The smallest absolute Gasteiger partial charge is 0.274 e. The number of nitrogens with zero attached hydrogens (tertiary/aromatic N) is 2. The number of aromatic nitrogens is 1. The van der Waals surface area contributed by atoms with Crippen molar-refractivity contribution in [3.05, 3.63) is 59.4 Å². The predicted octanol–water partition coefficient (Wildman–Crippen LogP) is 4.05. The van der Waals surface area contributed by atoms with Crippen molar-refractivity contribution in [3.63, 3.8) is 0 Å². The van der Waals surface area contributed by atoms with Crippen LogP contribution in [0.15, 0.2) is 42.6 Å². The molecular weight excluding hydrogens is 326 g/mol. The molecule has 1 aromatic carbocycles. The number of carbonyl (C=O) groups excluding carboxylic acids is 2. The molecule has 1 aromatic heterocycles. The van der Waals surface area contributed by atoms with E-state index in [9.17, 15) is 9.59 Å². The summed E-state index contributed by atoms with van der Waals surface area (Å²) >= 11 is 0. The van der Waals surface area contributed by atoms with E-state index in [0.29, 0.717) is 5.56 Å².